The minimum atomic E-state index is -0.814. The molecule has 0 amide bonds. The summed E-state index contributed by atoms with van der Waals surface area (Å²) in [6, 6.07) is 0. The molecule has 0 aromatic heterocycles. The molecule has 0 spiro atoms. The second kappa shape index (κ2) is 5.77. The van der Waals surface area contributed by atoms with Crippen molar-refractivity contribution >= 4 is 5.97 Å². The minimum absolute atomic E-state index is 0.208. The molecule has 0 radical (unpaired) electrons. The molecule has 0 fully saturated rings. The van der Waals surface area contributed by atoms with E-state index in [2.05, 4.69) is 6.58 Å². The Morgan fingerprint density at radius 2 is 2.33 bits per heavy atom. The maximum absolute atomic E-state index is 10.6. The van der Waals surface area contributed by atoms with Crippen LogP contribution in [0, 0.1) is 5.92 Å². The zero-order valence-electron chi connectivity index (χ0n) is 7.62. The summed E-state index contributed by atoms with van der Waals surface area (Å²) in [7, 11) is 1.53. The average Bonchev–Trinajstić information content (AvgIpc) is 2.05. The molecule has 0 aromatic carbocycles. The van der Waals surface area contributed by atoms with Gasteiger partial charge in [-0.15, -0.1) is 6.58 Å². The minimum Gasteiger partial charge on any atom is -0.481 e. The van der Waals surface area contributed by atoms with Crippen molar-refractivity contribution in [2.24, 2.45) is 5.92 Å². The fourth-order valence-corrected chi connectivity index (χ4v) is 1.01. The summed E-state index contributed by atoms with van der Waals surface area (Å²) < 4.78 is 5.05. The Balaban J connectivity index is 3.95. The van der Waals surface area contributed by atoms with Crippen LogP contribution in [0.15, 0.2) is 12.7 Å². The van der Waals surface area contributed by atoms with Gasteiger partial charge in [0, 0.05) is 7.11 Å². The maximum atomic E-state index is 10.6. The van der Waals surface area contributed by atoms with Crippen LogP contribution in [0.3, 0.4) is 0 Å². The fraction of sp³-hybridized carbons (Fsp3) is 0.667. The third kappa shape index (κ3) is 3.53. The summed E-state index contributed by atoms with van der Waals surface area (Å²) >= 11 is 0. The van der Waals surface area contributed by atoms with Gasteiger partial charge in [0.2, 0.25) is 0 Å². The summed E-state index contributed by atoms with van der Waals surface area (Å²) in [5.41, 5.74) is 0. The van der Waals surface area contributed by atoms with E-state index in [1.54, 1.807) is 13.0 Å². The molecule has 0 aromatic rings. The van der Waals surface area contributed by atoms with E-state index in [4.69, 9.17) is 9.84 Å². The normalized spacial score (nSPS) is 15.2. The molecule has 70 valence electrons. The summed E-state index contributed by atoms with van der Waals surface area (Å²) in [5, 5.41) is 8.68. The molecule has 0 aliphatic heterocycles. The van der Waals surface area contributed by atoms with Crippen LogP contribution in [0.4, 0.5) is 0 Å². The van der Waals surface area contributed by atoms with Crippen LogP contribution >= 0.6 is 0 Å². The predicted octanol–water partition coefficient (Wildman–Crippen LogP) is 1.69. The number of allylic oxidation sites excluding steroid dienone is 1. The van der Waals surface area contributed by atoms with Gasteiger partial charge in [-0.2, -0.15) is 0 Å². The van der Waals surface area contributed by atoms with Crippen molar-refractivity contribution in [3.8, 4) is 0 Å². The zero-order valence-corrected chi connectivity index (χ0v) is 7.62. The van der Waals surface area contributed by atoms with E-state index in [1.807, 2.05) is 0 Å². The molecule has 0 rings (SSSR count). The van der Waals surface area contributed by atoms with Gasteiger partial charge < -0.3 is 9.84 Å². The Morgan fingerprint density at radius 1 is 1.75 bits per heavy atom. The first-order chi connectivity index (χ1) is 5.63. The van der Waals surface area contributed by atoms with E-state index in [0.717, 1.165) is 6.42 Å². The van der Waals surface area contributed by atoms with Crippen LogP contribution in [0.5, 0.6) is 0 Å². The standard InChI is InChI=1S/C9H16O3/c1-4-5-6-8(12-3)7(2)9(10)11/h4,7-8H,1,5-6H2,2-3H3,(H,10,11). The molecule has 1 N–H and O–H groups in total. The maximum Gasteiger partial charge on any atom is 0.308 e. The SMILES string of the molecule is C=CCCC(OC)C(C)C(=O)O. The smallest absolute Gasteiger partial charge is 0.308 e. The van der Waals surface area contributed by atoms with Crippen molar-refractivity contribution in [1.82, 2.24) is 0 Å². The highest BCUT2D eigenvalue weighted by Crippen LogP contribution is 2.12. The monoisotopic (exact) mass is 172 g/mol. The van der Waals surface area contributed by atoms with Crippen LogP contribution in [-0.2, 0) is 9.53 Å². The van der Waals surface area contributed by atoms with Gasteiger partial charge in [0.15, 0.2) is 0 Å². The van der Waals surface area contributed by atoms with E-state index in [9.17, 15) is 4.79 Å². The van der Waals surface area contributed by atoms with Gasteiger partial charge in [0.1, 0.15) is 0 Å². The molecule has 0 saturated heterocycles. The highest BCUT2D eigenvalue weighted by Gasteiger charge is 2.22. The van der Waals surface area contributed by atoms with Gasteiger partial charge in [-0.3, -0.25) is 4.79 Å². The molecule has 3 heteroatoms. The highest BCUT2D eigenvalue weighted by atomic mass is 16.5. The lowest BCUT2D eigenvalue weighted by molar-refractivity contribution is -0.145. The predicted molar refractivity (Wildman–Crippen MR) is 47.0 cm³/mol. The second-order valence-corrected chi connectivity index (χ2v) is 2.77. The van der Waals surface area contributed by atoms with E-state index >= 15 is 0 Å². The van der Waals surface area contributed by atoms with Crippen molar-refractivity contribution < 1.29 is 14.6 Å². The number of carbonyl (C=O) groups is 1. The van der Waals surface area contributed by atoms with Crippen LogP contribution in [0.25, 0.3) is 0 Å². The third-order valence-electron chi connectivity index (χ3n) is 1.91. The zero-order chi connectivity index (χ0) is 9.56. The number of carboxylic acid groups (broad SMARTS) is 1. The largest absolute Gasteiger partial charge is 0.481 e. The Morgan fingerprint density at radius 3 is 2.67 bits per heavy atom. The van der Waals surface area contributed by atoms with Gasteiger partial charge in [-0.25, -0.2) is 0 Å². The molecule has 0 aliphatic carbocycles. The average molecular weight is 172 g/mol. The molecular weight excluding hydrogens is 156 g/mol. The molecule has 0 saturated carbocycles. The summed E-state index contributed by atoms with van der Waals surface area (Å²) in [4.78, 5) is 10.6. The van der Waals surface area contributed by atoms with E-state index in [0.29, 0.717) is 6.42 Å². The number of carboxylic acids is 1. The van der Waals surface area contributed by atoms with Crippen molar-refractivity contribution in [3.63, 3.8) is 0 Å². The van der Waals surface area contributed by atoms with E-state index in [-0.39, 0.29) is 6.10 Å². The number of aliphatic carboxylic acids is 1. The highest BCUT2D eigenvalue weighted by molar-refractivity contribution is 5.70. The fourth-order valence-electron chi connectivity index (χ4n) is 1.01. The number of hydrogen-bond acceptors (Lipinski definition) is 2. The molecular formula is C9H16O3. The first-order valence-corrected chi connectivity index (χ1v) is 4.00. The molecule has 0 heterocycles. The quantitative estimate of drug-likeness (QED) is 0.620. The molecule has 0 aliphatic rings. The molecule has 3 nitrogen and oxygen atoms in total. The lowest BCUT2D eigenvalue weighted by Gasteiger charge is -2.18. The van der Waals surface area contributed by atoms with E-state index < -0.39 is 11.9 Å². The van der Waals surface area contributed by atoms with Crippen molar-refractivity contribution in [1.29, 1.82) is 0 Å². The Hall–Kier alpha value is -0.830. The Labute approximate surface area is 73.0 Å². The van der Waals surface area contributed by atoms with Crippen LogP contribution in [0.2, 0.25) is 0 Å². The van der Waals surface area contributed by atoms with Crippen LogP contribution in [0.1, 0.15) is 19.8 Å². The topological polar surface area (TPSA) is 46.5 Å². The number of ether oxygens (including phenoxy) is 1. The van der Waals surface area contributed by atoms with Crippen LogP contribution in [-0.4, -0.2) is 24.3 Å². The molecule has 2 unspecified atom stereocenters. The lowest BCUT2D eigenvalue weighted by Crippen LogP contribution is -2.27. The van der Waals surface area contributed by atoms with Gasteiger partial charge >= 0.3 is 5.97 Å². The first-order valence-electron chi connectivity index (χ1n) is 4.00. The number of methoxy groups -OCH3 is 1. The van der Waals surface area contributed by atoms with E-state index in [1.165, 1.54) is 7.11 Å². The molecule has 2 atom stereocenters. The number of hydrogen-bond donors (Lipinski definition) is 1. The van der Waals surface area contributed by atoms with Crippen LogP contribution < -0.4 is 0 Å². The van der Waals surface area contributed by atoms with Crippen molar-refractivity contribution in [2.45, 2.75) is 25.9 Å². The molecule has 0 bridgehead atoms. The van der Waals surface area contributed by atoms with Crippen molar-refractivity contribution in [3.05, 3.63) is 12.7 Å². The van der Waals surface area contributed by atoms with Gasteiger partial charge in [0.05, 0.1) is 12.0 Å². The summed E-state index contributed by atoms with van der Waals surface area (Å²) in [5.74, 6) is -1.26. The van der Waals surface area contributed by atoms with Gasteiger partial charge in [-0.1, -0.05) is 6.08 Å². The molecule has 12 heavy (non-hydrogen) atoms. The first kappa shape index (κ1) is 11.2. The van der Waals surface area contributed by atoms with Gasteiger partial charge in [0.25, 0.3) is 0 Å². The van der Waals surface area contributed by atoms with Gasteiger partial charge in [-0.05, 0) is 19.8 Å². The summed E-state index contributed by atoms with van der Waals surface area (Å²) in [6.07, 6.45) is 3.06. The Bertz CT molecular complexity index is 154. The second-order valence-electron chi connectivity index (χ2n) is 2.77. The van der Waals surface area contributed by atoms with Crippen molar-refractivity contribution in [2.75, 3.05) is 7.11 Å². The lowest BCUT2D eigenvalue weighted by atomic mass is 10.0. The number of rotatable bonds is 6. The Kier molecular flexibility index (Phi) is 5.37. The third-order valence-corrected chi connectivity index (χ3v) is 1.91. The summed E-state index contributed by atoms with van der Waals surface area (Å²) in [6.45, 7) is 5.22.